The van der Waals surface area contributed by atoms with E-state index in [2.05, 4.69) is 4.98 Å². The normalized spacial score (nSPS) is 11.0. The van der Waals surface area contributed by atoms with Crippen molar-refractivity contribution < 1.29 is 18.6 Å². The van der Waals surface area contributed by atoms with Gasteiger partial charge in [-0.3, -0.25) is 4.40 Å². The summed E-state index contributed by atoms with van der Waals surface area (Å²) in [6.45, 7) is 1.02. The maximum Gasteiger partial charge on any atom is 0.180 e. The van der Waals surface area contributed by atoms with Crippen LogP contribution in [0.25, 0.3) is 5.65 Å². The Morgan fingerprint density at radius 1 is 1.25 bits per heavy atom. The summed E-state index contributed by atoms with van der Waals surface area (Å²) in [6.07, 6.45) is 1.69. The molecular weight excluding hydrogens is 316 g/mol. The lowest BCUT2D eigenvalue weighted by molar-refractivity contribution is 0.294. The van der Waals surface area contributed by atoms with Gasteiger partial charge in [0, 0.05) is 6.20 Å². The van der Waals surface area contributed by atoms with E-state index < -0.39 is 18.2 Å². The summed E-state index contributed by atoms with van der Waals surface area (Å²) < 4.78 is 34.5. The largest absolute Gasteiger partial charge is 0.485 e. The first-order chi connectivity index (χ1) is 11.5. The highest BCUT2D eigenvalue weighted by atomic mass is 19.1. The van der Waals surface area contributed by atoms with Gasteiger partial charge >= 0.3 is 0 Å². The Hall–Kier alpha value is -2.80. The molecule has 0 fully saturated rings. The lowest BCUT2D eigenvalue weighted by atomic mass is 10.2. The molecule has 5 nitrogen and oxygen atoms in total. The minimum Gasteiger partial charge on any atom is -0.485 e. The second-order valence-corrected chi connectivity index (χ2v) is 5.24. The zero-order valence-electron chi connectivity index (χ0n) is 12.9. The molecule has 3 aromatic rings. The number of imidazole rings is 1. The molecule has 0 aliphatic heterocycles. The van der Waals surface area contributed by atoms with Crippen molar-refractivity contribution in [1.82, 2.24) is 9.38 Å². The molecule has 0 atom stereocenters. The van der Waals surface area contributed by atoms with Gasteiger partial charge in [-0.05, 0) is 31.2 Å². The van der Waals surface area contributed by atoms with E-state index in [1.54, 1.807) is 29.7 Å². The summed E-state index contributed by atoms with van der Waals surface area (Å²) in [7, 11) is 0. The molecule has 24 heavy (non-hydrogen) atoms. The van der Waals surface area contributed by atoms with E-state index in [9.17, 15) is 13.9 Å². The molecule has 0 saturated carbocycles. The van der Waals surface area contributed by atoms with Gasteiger partial charge < -0.3 is 15.3 Å². The number of aryl methyl sites for hydroxylation is 1. The van der Waals surface area contributed by atoms with Crippen LogP contribution in [0.4, 0.5) is 8.78 Å². The number of fused-ring (bicyclic) bond motifs is 1. The van der Waals surface area contributed by atoms with Crippen LogP contribution < -0.4 is 4.74 Å². The van der Waals surface area contributed by atoms with Crippen LogP contribution in [0.3, 0.4) is 0 Å². The average molecular weight is 331 g/mol. The summed E-state index contributed by atoms with van der Waals surface area (Å²) in [5, 5.41) is 17.0. The van der Waals surface area contributed by atoms with Crippen LogP contribution in [-0.4, -0.2) is 26.8 Å². The molecule has 3 rings (SSSR count). The molecule has 2 aromatic heterocycles. The van der Waals surface area contributed by atoms with Gasteiger partial charge in [-0.2, -0.15) is 0 Å². The first-order valence-electron chi connectivity index (χ1n) is 7.25. The van der Waals surface area contributed by atoms with Crippen LogP contribution in [0.1, 0.15) is 17.0 Å². The van der Waals surface area contributed by atoms with Crippen molar-refractivity contribution in [3.63, 3.8) is 0 Å². The van der Waals surface area contributed by atoms with Crippen LogP contribution in [0.15, 0.2) is 36.5 Å². The molecule has 2 N–H and O–H groups in total. The molecule has 2 heterocycles. The van der Waals surface area contributed by atoms with Crippen LogP contribution in [0, 0.1) is 24.0 Å². The van der Waals surface area contributed by atoms with Gasteiger partial charge in [0.1, 0.15) is 18.2 Å². The smallest absolute Gasteiger partial charge is 0.180 e. The fourth-order valence-electron chi connectivity index (χ4n) is 2.53. The highest BCUT2D eigenvalue weighted by molar-refractivity contribution is 5.99. The topological polar surface area (TPSA) is 70.6 Å². The molecule has 0 bridgehead atoms. The van der Waals surface area contributed by atoms with E-state index in [4.69, 9.17) is 10.1 Å². The molecule has 0 aliphatic carbocycles. The SMILES string of the molecule is Cc1nc2c(OCc3c(F)cccc3F)cccn2c1C(=N)CO. The van der Waals surface area contributed by atoms with E-state index in [0.29, 0.717) is 22.8 Å². The predicted molar refractivity (Wildman–Crippen MR) is 84.5 cm³/mol. The average Bonchev–Trinajstić information content (AvgIpc) is 2.90. The van der Waals surface area contributed by atoms with Crippen molar-refractivity contribution >= 4 is 11.4 Å². The zero-order valence-corrected chi connectivity index (χ0v) is 12.9. The van der Waals surface area contributed by atoms with Crippen LogP contribution in [0.2, 0.25) is 0 Å². The number of hydrogen-bond acceptors (Lipinski definition) is 4. The van der Waals surface area contributed by atoms with Crippen LogP contribution >= 0.6 is 0 Å². The molecule has 0 radical (unpaired) electrons. The third kappa shape index (κ3) is 2.74. The number of halogens is 2. The maximum absolute atomic E-state index is 13.7. The molecule has 7 heteroatoms. The first-order valence-corrected chi connectivity index (χ1v) is 7.25. The molecule has 0 aliphatic rings. The summed E-state index contributed by atoms with van der Waals surface area (Å²) in [5.41, 5.74) is 1.31. The van der Waals surface area contributed by atoms with Gasteiger partial charge in [0.15, 0.2) is 11.4 Å². The highest BCUT2D eigenvalue weighted by Crippen LogP contribution is 2.24. The van der Waals surface area contributed by atoms with Gasteiger partial charge in [-0.15, -0.1) is 0 Å². The third-order valence-corrected chi connectivity index (χ3v) is 3.67. The number of aliphatic hydroxyl groups excluding tert-OH is 1. The lowest BCUT2D eigenvalue weighted by Crippen LogP contribution is -2.09. The molecule has 0 saturated heterocycles. The summed E-state index contributed by atoms with van der Waals surface area (Å²) >= 11 is 0. The van der Waals surface area contributed by atoms with Crippen molar-refractivity contribution in [3.05, 3.63) is 65.1 Å². The van der Waals surface area contributed by atoms with Crippen molar-refractivity contribution in [1.29, 1.82) is 5.41 Å². The molecule has 124 valence electrons. The van der Waals surface area contributed by atoms with E-state index in [1.807, 2.05) is 0 Å². The summed E-state index contributed by atoms with van der Waals surface area (Å²) in [4.78, 5) is 4.34. The van der Waals surface area contributed by atoms with Gasteiger partial charge in [0.2, 0.25) is 0 Å². The molecule has 0 unspecified atom stereocenters. The van der Waals surface area contributed by atoms with E-state index in [-0.39, 0.29) is 17.9 Å². The number of hydrogen-bond donors (Lipinski definition) is 2. The van der Waals surface area contributed by atoms with Crippen molar-refractivity contribution in [2.45, 2.75) is 13.5 Å². The number of nitrogens with zero attached hydrogens (tertiary/aromatic N) is 2. The fraction of sp³-hybridized carbons (Fsp3) is 0.176. The molecule has 0 amide bonds. The number of pyridine rings is 1. The van der Waals surface area contributed by atoms with Crippen molar-refractivity contribution in [3.8, 4) is 5.75 Å². The second-order valence-electron chi connectivity index (χ2n) is 5.24. The van der Waals surface area contributed by atoms with Gasteiger partial charge in [0.05, 0.1) is 29.3 Å². The maximum atomic E-state index is 13.7. The Kier molecular flexibility index (Phi) is 4.26. The number of rotatable bonds is 5. The molecular formula is C17H15F2N3O2. The highest BCUT2D eigenvalue weighted by Gasteiger charge is 2.16. The second kappa shape index (κ2) is 6.37. The minimum atomic E-state index is -0.677. The van der Waals surface area contributed by atoms with Gasteiger partial charge in [-0.1, -0.05) is 6.07 Å². The lowest BCUT2D eigenvalue weighted by Gasteiger charge is -2.09. The van der Waals surface area contributed by atoms with E-state index in [0.717, 1.165) is 0 Å². The van der Waals surface area contributed by atoms with Crippen LogP contribution in [-0.2, 0) is 6.61 Å². The Labute approximate surface area is 136 Å². The minimum absolute atomic E-state index is 0.0253. The number of ether oxygens (including phenoxy) is 1. The molecule has 0 spiro atoms. The first kappa shape index (κ1) is 16.1. The summed E-state index contributed by atoms with van der Waals surface area (Å²) in [6, 6.07) is 6.94. The molecule has 1 aromatic carbocycles. The van der Waals surface area contributed by atoms with E-state index in [1.165, 1.54) is 18.2 Å². The Morgan fingerprint density at radius 2 is 1.96 bits per heavy atom. The summed E-state index contributed by atoms with van der Waals surface area (Å²) in [5.74, 6) is -1.02. The fourth-order valence-corrected chi connectivity index (χ4v) is 2.53. The van der Waals surface area contributed by atoms with Gasteiger partial charge in [0.25, 0.3) is 0 Å². The number of aromatic nitrogens is 2. The monoisotopic (exact) mass is 331 g/mol. The standard InChI is InChI=1S/C17H15F2N3O2/c1-10-16(14(20)8-23)22-7-3-6-15(17(22)21-10)24-9-11-12(18)4-2-5-13(11)19/h2-7,20,23H,8-9H2,1H3. The quantitative estimate of drug-likeness (QED) is 0.706. The van der Waals surface area contributed by atoms with Crippen molar-refractivity contribution in [2.75, 3.05) is 6.61 Å². The third-order valence-electron chi connectivity index (χ3n) is 3.67. The van der Waals surface area contributed by atoms with E-state index >= 15 is 0 Å². The Bertz CT molecular complexity index is 901. The Morgan fingerprint density at radius 3 is 2.62 bits per heavy atom. The van der Waals surface area contributed by atoms with Crippen LogP contribution in [0.5, 0.6) is 5.75 Å². The number of benzene rings is 1. The Balaban J connectivity index is 1.98. The van der Waals surface area contributed by atoms with Crippen molar-refractivity contribution in [2.24, 2.45) is 0 Å². The predicted octanol–water partition coefficient (Wildman–Crippen LogP) is 2.86. The van der Waals surface area contributed by atoms with Gasteiger partial charge in [-0.25, -0.2) is 13.8 Å². The zero-order chi connectivity index (χ0) is 17.3. The number of nitrogens with one attached hydrogen (secondary N) is 1. The number of aliphatic hydroxyl groups is 1.